The largest absolute Gasteiger partial charge is 0.330 e. The van der Waals surface area contributed by atoms with Crippen LogP contribution in [0.5, 0.6) is 0 Å². The Kier molecular flexibility index (Phi) is 2.81. The number of hydrogen-bond donors (Lipinski definition) is 1. The third-order valence-electron chi connectivity index (χ3n) is 4.82. The summed E-state index contributed by atoms with van der Waals surface area (Å²) in [5.41, 5.74) is 5.68. The number of nitrogens with zero attached hydrogens (tertiary/aromatic N) is 2. The summed E-state index contributed by atoms with van der Waals surface area (Å²) < 4.78 is 0. The first-order valence-electron chi connectivity index (χ1n) is 6.96. The summed E-state index contributed by atoms with van der Waals surface area (Å²) in [6.45, 7) is 4.13. The Hall–Kier alpha value is -1.10. The molecule has 0 aliphatic carbocycles. The van der Waals surface area contributed by atoms with Crippen LogP contribution in [0.2, 0.25) is 0 Å². The number of rotatable bonds is 2. The molecule has 3 aliphatic heterocycles. The molecule has 2 amide bonds. The number of nitrogens with two attached hydrogens (primary N) is 1. The zero-order valence-electron chi connectivity index (χ0n) is 10.8. The highest BCUT2D eigenvalue weighted by Gasteiger charge is 2.52. The number of carbonyl (C=O) groups excluding carboxylic acids is 2. The average Bonchev–Trinajstić information content (AvgIpc) is 3.00. The van der Waals surface area contributed by atoms with Crippen LogP contribution >= 0.6 is 0 Å². The maximum absolute atomic E-state index is 12.4. The van der Waals surface area contributed by atoms with E-state index in [0.29, 0.717) is 24.9 Å². The van der Waals surface area contributed by atoms with Crippen molar-refractivity contribution in [2.75, 3.05) is 19.6 Å². The minimum absolute atomic E-state index is 0.159. The molecule has 3 aliphatic rings. The number of amides is 2. The van der Waals surface area contributed by atoms with Gasteiger partial charge >= 0.3 is 0 Å². The standard InChI is InChI=1S/C13H21N3O2/c1-2-8-3-10-12(17)16-7-9(5-14)4-11(16)13(18)15(10)6-8/h8-11H,2-7,14H2,1H3. The number of carbonyl (C=O) groups is 2. The molecular weight excluding hydrogens is 230 g/mol. The SMILES string of the molecule is CCC1CC2C(=O)N3CC(CN)CC3C(=O)N2C1. The van der Waals surface area contributed by atoms with Gasteiger partial charge in [-0.2, -0.15) is 0 Å². The van der Waals surface area contributed by atoms with E-state index >= 15 is 0 Å². The minimum Gasteiger partial charge on any atom is -0.330 e. The zero-order valence-corrected chi connectivity index (χ0v) is 10.8. The van der Waals surface area contributed by atoms with Crippen molar-refractivity contribution in [2.45, 2.75) is 38.3 Å². The third kappa shape index (κ3) is 1.56. The van der Waals surface area contributed by atoms with Gasteiger partial charge in [-0.05, 0) is 31.2 Å². The Morgan fingerprint density at radius 1 is 1.06 bits per heavy atom. The van der Waals surface area contributed by atoms with Gasteiger partial charge < -0.3 is 15.5 Å². The van der Waals surface area contributed by atoms with Gasteiger partial charge in [-0.3, -0.25) is 9.59 Å². The molecule has 3 saturated heterocycles. The first-order chi connectivity index (χ1) is 8.65. The van der Waals surface area contributed by atoms with E-state index in [0.717, 1.165) is 25.8 Å². The van der Waals surface area contributed by atoms with Crippen LogP contribution in [0.25, 0.3) is 0 Å². The van der Waals surface area contributed by atoms with E-state index in [-0.39, 0.29) is 23.9 Å². The monoisotopic (exact) mass is 251 g/mol. The summed E-state index contributed by atoms with van der Waals surface area (Å²) in [4.78, 5) is 28.5. The Morgan fingerprint density at radius 2 is 1.56 bits per heavy atom. The van der Waals surface area contributed by atoms with E-state index < -0.39 is 0 Å². The van der Waals surface area contributed by atoms with Gasteiger partial charge in [-0.15, -0.1) is 0 Å². The van der Waals surface area contributed by atoms with Gasteiger partial charge in [0.25, 0.3) is 0 Å². The van der Waals surface area contributed by atoms with Crippen LogP contribution in [0.1, 0.15) is 26.2 Å². The molecule has 3 heterocycles. The highest BCUT2D eigenvalue weighted by Crippen LogP contribution is 2.36. The third-order valence-corrected chi connectivity index (χ3v) is 4.82. The highest BCUT2D eigenvalue weighted by molar-refractivity contribution is 5.98. The lowest BCUT2D eigenvalue weighted by atomic mass is 10.0. The molecule has 3 rings (SSSR count). The van der Waals surface area contributed by atoms with Crippen molar-refractivity contribution in [3.63, 3.8) is 0 Å². The van der Waals surface area contributed by atoms with E-state index in [1.807, 2.05) is 4.90 Å². The molecule has 0 aromatic carbocycles. The van der Waals surface area contributed by atoms with Gasteiger partial charge in [-0.25, -0.2) is 0 Å². The van der Waals surface area contributed by atoms with E-state index in [1.54, 1.807) is 4.90 Å². The van der Waals surface area contributed by atoms with Crippen LogP contribution in [0.15, 0.2) is 0 Å². The van der Waals surface area contributed by atoms with Crippen LogP contribution in [-0.2, 0) is 9.59 Å². The van der Waals surface area contributed by atoms with E-state index in [4.69, 9.17) is 5.73 Å². The topological polar surface area (TPSA) is 66.6 Å². The molecule has 0 aromatic heterocycles. The van der Waals surface area contributed by atoms with Crippen LogP contribution in [-0.4, -0.2) is 53.3 Å². The van der Waals surface area contributed by atoms with Gasteiger partial charge in [0, 0.05) is 13.1 Å². The summed E-state index contributed by atoms with van der Waals surface area (Å²) >= 11 is 0. The first-order valence-corrected chi connectivity index (χ1v) is 6.96. The van der Waals surface area contributed by atoms with Crippen LogP contribution < -0.4 is 5.73 Å². The first kappa shape index (κ1) is 12.0. The predicted octanol–water partition coefficient (Wildman–Crippen LogP) is -0.197. The van der Waals surface area contributed by atoms with Gasteiger partial charge in [0.1, 0.15) is 12.1 Å². The van der Waals surface area contributed by atoms with Crippen molar-refractivity contribution in [3.05, 3.63) is 0 Å². The molecule has 4 atom stereocenters. The Balaban J connectivity index is 1.84. The van der Waals surface area contributed by atoms with E-state index in [2.05, 4.69) is 6.92 Å². The average molecular weight is 251 g/mol. The van der Waals surface area contributed by atoms with Crippen LogP contribution in [0.4, 0.5) is 0 Å². The fourth-order valence-corrected chi connectivity index (χ4v) is 3.65. The quantitative estimate of drug-likeness (QED) is 0.739. The van der Waals surface area contributed by atoms with Crippen molar-refractivity contribution < 1.29 is 9.59 Å². The Labute approximate surface area is 107 Å². The van der Waals surface area contributed by atoms with Gasteiger partial charge in [0.05, 0.1) is 0 Å². The second-order valence-electron chi connectivity index (χ2n) is 5.86. The van der Waals surface area contributed by atoms with Crippen LogP contribution in [0, 0.1) is 11.8 Å². The fraction of sp³-hybridized carbons (Fsp3) is 0.846. The normalized spacial score (nSPS) is 39.2. The second-order valence-corrected chi connectivity index (χ2v) is 5.86. The van der Waals surface area contributed by atoms with Crippen molar-refractivity contribution >= 4 is 11.8 Å². The lowest BCUT2D eigenvalue weighted by molar-refractivity contribution is -0.156. The van der Waals surface area contributed by atoms with Crippen molar-refractivity contribution in [2.24, 2.45) is 17.6 Å². The van der Waals surface area contributed by atoms with Gasteiger partial charge in [-0.1, -0.05) is 13.3 Å². The predicted molar refractivity (Wildman–Crippen MR) is 66.6 cm³/mol. The fourth-order valence-electron chi connectivity index (χ4n) is 3.65. The smallest absolute Gasteiger partial charge is 0.246 e. The maximum atomic E-state index is 12.4. The molecule has 4 unspecified atom stereocenters. The molecule has 0 radical (unpaired) electrons. The second kappa shape index (κ2) is 4.23. The highest BCUT2D eigenvalue weighted by atomic mass is 16.2. The molecule has 5 heteroatoms. The number of hydrogen-bond acceptors (Lipinski definition) is 3. The van der Waals surface area contributed by atoms with Gasteiger partial charge in [0.2, 0.25) is 11.8 Å². The molecule has 18 heavy (non-hydrogen) atoms. The van der Waals surface area contributed by atoms with Crippen LogP contribution in [0.3, 0.4) is 0 Å². The summed E-state index contributed by atoms with van der Waals surface area (Å²) in [6.07, 6.45) is 2.64. The maximum Gasteiger partial charge on any atom is 0.246 e. The lowest BCUT2D eigenvalue weighted by Crippen LogP contribution is -2.60. The van der Waals surface area contributed by atoms with Gasteiger partial charge in [0.15, 0.2) is 0 Å². The Morgan fingerprint density at radius 3 is 2.06 bits per heavy atom. The Bertz CT molecular complexity index is 320. The molecule has 5 nitrogen and oxygen atoms in total. The summed E-state index contributed by atoms with van der Waals surface area (Å²) in [7, 11) is 0. The summed E-state index contributed by atoms with van der Waals surface area (Å²) in [5.74, 6) is 1.11. The van der Waals surface area contributed by atoms with Crippen molar-refractivity contribution in [1.29, 1.82) is 0 Å². The molecule has 3 fully saturated rings. The summed E-state index contributed by atoms with van der Waals surface area (Å²) in [6, 6.07) is -0.409. The molecule has 2 N–H and O–H groups in total. The van der Waals surface area contributed by atoms with Crippen molar-refractivity contribution in [3.8, 4) is 0 Å². The van der Waals surface area contributed by atoms with Crippen molar-refractivity contribution in [1.82, 2.24) is 9.80 Å². The van der Waals surface area contributed by atoms with E-state index in [1.165, 1.54) is 0 Å². The lowest BCUT2D eigenvalue weighted by Gasteiger charge is -2.38. The number of piperazine rings is 1. The summed E-state index contributed by atoms with van der Waals surface area (Å²) in [5, 5.41) is 0. The van der Waals surface area contributed by atoms with E-state index in [9.17, 15) is 9.59 Å². The molecule has 0 saturated carbocycles. The molecule has 0 bridgehead atoms. The number of fused-ring (bicyclic) bond motifs is 2. The molecule has 0 spiro atoms. The minimum atomic E-state index is -0.224. The molecular formula is C13H21N3O2. The molecule has 100 valence electrons. The zero-order chi connectivity index (χ0) is 12.9. The molecule has 0 aromatic rings.